The molecule has 4 rings (SSSR count). The van der Waals surface area contributed by atoms with Crippen molar-refractivity contribution in [2.24, 2.45) is 0 Å². The van der Waals surface area contributed by atoms with Crippen LogP contribution >= 0.6 is 11.6 Å². The van der Waals surface area contributed by atoms with Gasteiger partial charge in [0, 0.05) is 23.4 Å². The number of carbonyl (C=O) groups excluding carboxylic acids is 1. The van der Waals surface area contributed by atoms with Crippen LogP contribution < -0.4 is 10.1 Å². The highest BCUT2D eigenvalue weighted by atomic mass is 35.5. The Labute approximate surface area is 167 Å². The fraction of sp³-hybridized carbons (Fsp3) is 0.286. The zero-order chi connectivity index (χ0) is 19.5. The molecule has 6 nitrogen and oxygen atoms in total. The number of carbonyl (C=O) groups is 1. The summed E-state index contributed by atoms with van der Waals surface area (Å²) in [7, 11) is 0. The summed E-state index contributed by atoms with van der Waals surface area (Å²) in [5.41, 5.74) is 3.13. The second-order valence-corrected chi connectivity index (χ2v) is 7.31. The van der Waals surface area contributed by atoms with Crippen LogP contribution in [0, 0.1) is 0 Å². The van der Waals surface area contributed by atoms with Crippen LogP contribution in [0.5, 0.6) is 5.75 Å². The van der Waals surface area contributed by atoms with Gasteiger partial charge in [-0.1, -0.05) is 28.9 Å². The molecule has 3 aromatic rings. The second kappa shape index (κ2) is 8.02. The van der Waals surface area contributed by atoms with E-state index >= 15 is 0 Å². The molecule has 0 bridgehead atoms. The molecule has 0 radical (unpaired) electrons. The van der Waals surface area contributed by atoms with E-state index in [2.05, 4.69) is 28.4 Å². The van der Waals surface area contributed by atoms with Crippen molar-refractivity contribution in [1.29, 1.82) is 0 Å². The van der Waals surface area contributed by atoms with E-state index in [1.54, 1.807) is 24.3 Å². The van der Waals surface area contributed by atoms with Crippen LogP contribution in [-0.4, -0.2) is 22.2 Å². The molecule has 0 saturated heterocycles. The van der Waals surface area contributed by atoms with E-state index in [-0.39, 0.29) is 18.6 Å². The number of nitrogens with one attached hydrogen (secondary N) is 1. The van der Waals surface area contributed by atoms with E-state index < -0.39 is 0 Å². The average molecular weight is 398 g/mol. The first-order chi connectivity index (χ1) is 13.6. The van der Waals surface area contributed by atoms with Gasteiger partial charge < -0.3 is 14.6 Å². The molecule has 1 N–H and O–H groups in total. The van der Waals surface area contributed by atoms with Crippen LogP contribution in [-0.2, 0) is 24.2 Å². The first-order valence-corrected chi connectivity index (χ1v) is 9.58. The minimum Gasteiger partial charge on any atom is -0.490 e. The summed E-state index contributed by atoms with van der Waals surface area (Å²) in [4.78, 5) is 16.5. The molecule has 0 fully saturated rings. The molecule has 2 heterocycles. The number of hydrogen-bond acceptors (Lipinski definition) is 5. The molecule has 144 valence electrons. The Balaban J connectivity index is 1.27. The van der Waals surface area contributed by atoms with Crippen molar-refractivity contribution in [3.8, 4) is 17.2 Å². The lowest BCUT2D eigenvalue weighted by Crippen LogP contribution is -2.23. The van der Waals surface area contributed by atoms with Gasteiger partial charge in [0.1, 0.15) is 11.9 Å². The van der Waals surface area contributed by atoms with Crippen molar-refractivity contribution in [3.05, 3.63) is 64.4 Å². The van der Waals surface area contributed by atoms with Gasteiger partial charge >= 0.3 is 0 Å². The molecule has 28 heavy (non-hydrogen) atoms. The molecule has 2 aromatic carbocycles. The summed E-state index contributed by atoms with van der Waals surface area (Å²) in [5.74, 6) is 1.73. The zero-order valence-electron chi connectivity index (χ0n) is 15.4. The van der Waals surface area contributed by atoms with Crippen molar-refractivity contribution >= 4 is 17.5 Å². The molecule has 1 atom stereocenters. The number of amides is 1. The van der Waals surface area contributed by atoms with Gasteiger partial charge in [0.15, 0.2) is 5.82 Å². The van der Waals surface area contributed by atoms with Crippen LogP contribution in [0.2, 0.25) is 5.02 Å². The molecule has 1 aromatic heterocycles. The number of benzene rings is 2. The molecule has 0 saturated carbocycles. The third-order valence-corrected chi connectivity index (χ3v) is 4.86. The number of nitrogens with zero attached hydrogens (tertiary/aromatic N) is 2. The van der Waals surface area contributed by atoms with E-state index in [4.69, 9.17) is 20.9 Å². The lowest BCUT2D eigenvalue weighted by Gasteiger charge is -2.05. The molecular formula is C21H20ClN3O3. The fourth-order valence-corrected chi connectivity index (χ4v) is 3.32. The summed E-state index contributed by atoms with van der Waals surface area (Å²) < 4.78 is 10.9. The standard InChI is InChI=1S/C21H20ClN3O3/c1-13-10-16-11-14(2-8-18(16)27-13)3-9-20(26)23-12-19-24-21(28-25-19)15-4-6-17(22)7-5-15/h2,4-8,11,13H,3,9-10,12H2,1H3,(H,23,26). The van der Waals surface area contributed by atoms with Crippen LogP contribution in [0.15, 0.2) is 47.0 Å². The van der Waals surface area contributed by atoms with E-state index in [0.29, 0.717) is 29.6 Å². The third-order valence-electron chi connectivity index (χ3n) is 4.60. The number of rotatable bonds is 6. The number of aryl methyl sites for hydroxylation is 1. The van der Waals surface area contributed by atoms with Gasteiger partial charge in [-0.05, 0) is 54.8 Å². The molecular weight excluding hydrogens is 378 g/mol. The highest BCUT2D eigenvalue weighted by Gasteiger charge is 2.19. The van der Waals surface area contributed by atoms with Gasteiger partial charge in [0.25, 0.3) is 5.89 Å². The topological polar surface area (TPSA) is 77.3 Å². The Morgan fingerprint density at radius 3 is 2.89 bits per heavy atom. The summed E-state index contributed by atoms with van der Waals surface area (Å²) in [5, 5.41) is 7.38. The first kappa shape index (κ1) is 18.5. The number of halogens is 1. The van der Waals surface area contributed by atoms with E-state index in [1.807, 2.05) is 12.1 Å². The number of fused-ring (bicyclic) bond motifs is 1. The van der Waals surface area contributed by atoms with Gasteiger partial charge in [-0.2, -0.15) is 4.98 Å². The summed E-state index contributed by atoms with van der Waals surface area (Å²) in [6.07, 6.45) is 2.22. The molecule has 7 heteroatoms. The van der Waals surface area contributed by atoms with Crippen molar-refractivity contribution in [2.75, 3.05) is 0 Å². The Kier molecular flexibility index (Phi) is 5.30. The maximum atomic E-state index is 12.2. The molecule has 0 aliphatic carbocycles. The first-order valence-electron chi connectivity index (χ1n) is 9.20. The average Bonchev–Trinajstić information content (AvgIpc) is 3.30. The smallest absolute Gasteiger partial charge is 0.257 e. The van der Waals surface area contributed by atoms with Crippen molar-refractivity contribution < 1.29 is 14.1 Å². The van der Waals surface area contributed by atoms with Crippen LogP contribution in [0.3, 0.4) is 0 Å². The van der Waals surface area contributed by atoms with Crippen molar-refractivity contribution in [3.63, 3.8) is 0 Å². The molecule has 1 aliphatic rings. The monoisotopic (exact) mass is 397 g/mol. The highest BCUT2D eigenvalue weighted by Crippen LogP contribution is 2.29. The maximum Gasteiger partial charge on any atom is 0.257 e. The largest absolute Gasteiger partial charge is 0.490 e. The molecule has 1 amide bonds. The van der Waals surface area contributed by atoms with Crippen molar-refractivity contribution in [1.82, 2.24) is 15.5 Å². The predicted molar refractivity (Wildman–Crippen MR) is 105 cm³/mol. The zero-order valence-corrected chi connectivity index (χ0v) is 16.2. The number of aromatic nitrogens is 2. The van der Waals surface area contributed by atoms with E-state index in [1.165, 1.54) is 5.56 Å². The minimum atomic E-state index is -0.0528. The van der Waals surface area contributed by atoms with Crippen LogP contribution in [0.25, 0.3) is 11.5 Å². The maximum absolute atomic E-state index is 12.2. The van der Waals surface area contributed by atoms with E-state index in [9.17, 15) is 4.79 Å². The van der Waals surface area contributed by atoms with Gasteiger partial charge in [0.2, 0.25) is 5.91 Å². The molecule has 1 aliphatic heterocycles. The Morgan fingerprint density at radius 1 is 1.25 bits per heavy atom. The van der Waals surface area contributed by atoms with Gasteiger partial charge in [-0.3, -0.25) is 4.79 Å². The Bertz CT molecular complexity index is 985. The molecule has 1 unspecified atom stereocenters. The Morgan fingerprint density at radius 2 is 2.07 bits per heavy atom. The third kappa shape index (κ3) is 4.34. The minimum absolute atomic E-state index is 0.0528. The summed E-state index contributed by atoms with van der Waals surface area (Å²) in [6, 6.07) is 13.3. The van der Waals surface area contributed by atoms with Crippen LogP contribution in [0.4, 0.5) is 0 Å². The number of ether oxygens (including phenoxy) is 1. The van der Waals surface area contributed by atoms with Crippen molar-refractivity contribution in [2.45, 2.75) is 38.8 Å². The lowest BCUT2D eigenvalue weighted by molar-refractivity contribution is -0.121. The summed E-state index contributed by atoms with van der Waals surface area (Å²) in [6.45, 7) is 2.29. The van der Waals surface area contributed by atoms with Gasteiger partial charge in [0.05, 0.1) is 6.54 Å². The van der Waals surface area contributed by atoms with Crippen LogP contribution in [0.1, 0.15) is 30.3 Å². The quantitative estimate of drug-likeness (QED) is 0.681. The highest BCUT2D eigenvalue weighted by molar-refractivity contribution is 6.30. The Hall–Kier alpha value is -2.86. The van der Waals surface area contributed by atoms with Gasteiger partial charge in [-0.15, -0.1) is 0 Å². The van der Waals surface area contributed by atoms with Gasteiger partial charge in [-0.25, -0.2) is 0 Å². The predicted octanol–water partition coefficient (Wildman–Crippen LogP) is 3.96. The van der Waals surface area contributed by atoms with E-state index in [0.717, 1.165) is 23.3 Å². The molecule has 0 spiro atoms. The lowest BCUT2D eigenvalue weighted by atomic mass is 10.0. The fourth-order valence-electron chi connectivity index (χ4n) is 3.19. The summed E-state index contributed by atoms with van der Waals surface area (Å²) >= 11 is 5.88. The number of hydrogen-bond donors (Lipinski definition) is 1. The second-order valence-electron chi connectivity index (χ2n) is 6.87. The normalized spacial score (nSPS) is 15.1. The SMILES string of the molecule is CC1Cc2cc(CCC(=O)NCc3noc(-c4ccc(Cl)cc4)n3)ccc2O1.